The van der Waals surface area contributed by atoms with E-state index in [-0.39, 0.29) is 35.6 Å². The molecule has 0 saturated carbocycles. The van der Waals surface area contributed by atoms with E-state index in [1.807, 2.05) is 43.5 Å². The molecule has 3 unspecified atom stereocenters. The first-order valence-corrected chi connectivity index (χ1v) is 8.29. The van der Waals surface area contributed by atoms with Crippen LogP contribution < -0.4 is 5.32 Å². The normalized spacial score (nSPS) is 15.7. The number of nitrogens with one attached hydrogen (secondary N) is 1. The summed E-state index contributed by atoms with van der Waals surface area (Å²) in [5, 5.41) is 12.4. The van der Waals surface area contributed by atoms with Crippen LogP contribution in [0.4, 0.5) is 0 Å². The summed E-state index contributed by atoms with van der Waals surface area (Å²) in [5.41, 5.74) is 1.04. The van der Waals surface area contributed by atoms with Crippen LogP contribution in [-0.4, -0.2) is 35.2 Å². The number of carbonyl (C=O) groups is 1. The van der Waals surface area contributed by atoms with E-state index in [0.29, 0.717) is 0 Å². The molecule has 0 radical (unpaired) electrons. The molecule has 0 bridgehead atoms. The van der Waals surface area contributed by atoms with Gasteiger partial charge >= 0.3 is 0 Å². The maximum atomic E-state index is 12.5. The Morgan fingerprint density at radius 1 is 1.25 bits per heavy atom. The van der Waals surface area contributed by atoms with E-state index < -0.39 is 0 Å². The van der Waals surface area contributed by atoms with E-state index in [0.717, 1.165) is 5.56 Å². The Kier molecular flexibility index (Phi) is 7.10. The van der Waals surface area contributed by atoms with E-state index in [2.05, 4.69) is 19.2 Å². The quantitative estimate of drug-likeness (QED) is 0.813. The number of hydrogen-bond donors (Lipinski definition) is 2. The van der Waals surface area contributed by atoms with Gasteiger partial charge in [0, 0.05) is 11.3 Å². The fourth-order valence-electron chi connectivity index (χ4n) is 2.34. The average molecular weight is 295 g/mol. The van der Waals surface area contributed by atoms with Gasteiger partial charge in [0.15, 0.2) is 0 Å². The molecule has 0 saturated heterocycles. The summed E-state index contributed by atoms with van der Waals surface area (Å²) >= 11 is 1.57. The number of aliphatic hydroxyl groups is 1. The Morgan fingerprint density at radius 3 is 2.30 bits per heavy atom. The highest BCUT2D eigenvalue weighted by atomic mass is 32.2. The summed E-state index contributed by atoms with van der Waals surface area (Å²) in [6.07, 6.45) is 1.95. The maximum Gasteiger partial charge on any atom is 0.228 e. The zero-order valence-corrected chi connectivity index (χ0v) is 13.5. The van der Waals surface area contributed by atoms with Crippen LogP contribution in [0.25, 0.3) is 0 Å². The Bertz CT molecular complexity index is 404. The number of rotatable bonds is 7. The summed E-state index contributed by atoms with van der Waals surface area (Å²) in [5.74, 6) is 0.109. The minimum Gasteiger partial charge on any atom is -0.395 e. The molecule has 3 atom stereocenters. The van der Waals surface area contributed by atoms with Gasteiger partial charge in [-0.3, -0.25) is 4.79 Å². The molecule has 0 spiro atoms. The first-order valence-electron chi connectivity index (χ1n) is 7.00. The highest BCUT2D eigenvalue weighted by Crippen LogP contribution is 2.25. The fourth-order valence-corrected chi connectivity index (χ4v) is 2.97. The largest absolute Gasteiger partial charge is 0.395 e. The molecule has 1 aromatic carbocycles. The third-order valence-electron chi connectivity index (χ3n) is 3.52. The Labute approximate surface area is 126 Å². The second kappa shape index (κ2) is 8.32. The predicted molar refractivity (Wildman–Crippen MR) is 86.0 cm³/mol. The monoisotopic (exact) mass is 295 g/mol. The minimum atomic E-state index is -0.153. The van der Waals surface area contributed by atoms with Crippen molar-refractivity contribution < 1.29 is 9.90 Å². The van der Waals surface area contributed by atoms with Gasteiger partial charge in [0.1, 0.15) is 0 Å². The number of hydrogen-bond acceptors (Lipinski definition) is 3. The minimum absolute atomic E-state index is 0.0301. The molecule has 1 aromatic rings. The van der Waals surface area contributed by atoms with Crippen LogP contribution in [0.15, 0.2) is 30.3 Å². The molecule has 0 aliphatic rings. The van der Waals surface area contributed by atoms with Crippen molar-refractivity contribution in [3.05, 3.63) is 35.9 Å². The Hall–Kier alpha value is -1.00. The molecule has 0 aromatic heterocycles. The van der Waals surface area contributed by atoms with Crippen molar-refractivity contribution in [3.63, 3.8) is 0 Å². The molecule has 0 heterocycles. The third kappa shape index (κ3) is 4.53. The van der Waals surface area contributed by atoms with Crippen LogP contribution in [0.5, 0.6) is 0 Å². The molecular formula is C16H25NO2S. The molecule has 4 heteroatoms. The lowest BCUT2D eigenvalue weighted by Gasteiger charge is -2.26. The standard InChI is InChI=1S/C16H25NO2S/c1-11(2)15(13-8-6-5-7-9-13)16(19)17-12(3)14(10-18)20-4/h5-9,11-12,14-15,18H,10H2,1-4H3,(H,17,19). The fraction of sp³-hybridized carbons (Fsp3) is 0.562. The van der Waals surface area contributed by atoms with Crippen LogP contribution >= 0.6 is 11.8 Å². The predicted octanol–water partition coefficient (Wildman–Crippen LogP) is 2.65. The van der Waals surface area contributed by atoms with Gasteiger partial charge < -0.3 is 10.4 Å². The van der Waals surface area contributed by atoms with E-state index in [1.54, 1.807) is 11.8 Å². The van der Waals surface area contributed by atoms with Crippen LogP contribution in [0, 0.1) is 5.92 Å². The second-order valence-corrected chi connectivity index (χ2v) is 6.46. The number of aliphatic hydroxyl groups excluding tert-OH is 1. The molecule has 1 amide bonds. The molecule has 112 valence electrons. The lowest BCUT2D eigenvalue weighted by molar-refractivity contribution is -0.124. The second-order valence-electron chi connectivity index (χ2n) is 5.39. The number of thioether (sulfide) groups is 1. The van der Waals surface area contributed by atoms with E-state index in [1.165, 1.54) is 0 Å². The van der Waals surface area contributed by atoms with Gasteiger partial charge in [-0.2, -0.15) is 11.8 Å². The zero-order chi connectivity index (χ0) is 15.1. The smallest absolute Gasteiger partial charge is 0.228 e. The van der Waals surface area contributed by atoms with Crippen molar-refractivity contribution in [1.29, 1.82) is 0 Å². The van der Waals surface area contributed by atoms with Gasteiger partial charge in [0.2, 0.25) is 5.91 Å². The van der Waals surface area contributed by atoms with Gasteiger partial charge in [0.25, 0.3) is 0 Å². The van der Waals surface area contributed by atoms with Gasteiger partial charge in [-0.05, 0) is 24.7 Å². The first-order chi connectivity index (χ1) is 9.51. The van der Waals surface area contributed by atoms with Gasteiger partial charge in [-0.15, -0.1) is 0 Å². The molecule has 2 N–H and O–H groups in total. The average Bonchev–Trinajstić information content (AvgIpc) is 2.40. The number of carbonyl (C=O) groups excluding carboxylic acids is 1. The topological polar surface area (TPSA) is 49.3 Å². The number of amides is 1. The van der Waals surface area contributed by atoms with Gasteiger partial charge in [-0.25, -0.2) is 0 Å². The summed E-state index contributed by atoms with van der Waals surface area (Å²) in [7, 11) is 0. The maximum absolute atomic E-state index is 12.5. The highest BCUT2D eigenvalue weighted by Gasteiger charge is 2.26. The van der Waals surface area contributed by atoms with Crippen molar-refractivity contribution in [2.45, 2.75) is 38.0 Å². The SMILES string of the molecule is CSC(CO)C(C)NC(=O)C(c1ccccc1)C(C)C. The Morgan fingerprint density at radius 2 is 1.85 bits per heavy atom. The van der Waals surface area contributed by atoms with E-state index in [9.17, 15) is 9.90 Å². The lowest BCUT2D eigenvalue weighted by atomic mass is 9.87. The molecular weight excluding hydrogens is 270 g/mol. The summed E-state index contributed by atoms with van der Waals surface area (Å²) in [4.78, 5) is 12.5. The summed E-state index contributed by atoms with van der Waals surface area (Å²) in [6, 6.07) is 9.81. The third-order valence-corrected chi connectivity index (χ3v) is 4.68. The van der Waals surface area contributed by atoms with Crippen molar-refractivity contribution in [2.24, 2.45) is 5.92 Å². The lowest BCUT2D eigenvalue weighted by Crippen LogP contribution is -2.44. The Balaban J connectivity index is 2.81. The van der Waals surface area contributed by atoms with Crippen LogP contribution in [0.1, 0.15) is 32.3 Å². The molecule has 20 heavy (non-hydrogen) atoms. The van der Waals surface area contributed by atoms with Crippen LogP contribution in [0.2, 0.25) is 0 Å². The summed E-state index contributed by atoms with van der Waals surface area (Å²) in [6.45, 7) is 6.12. The van der Waals surface area contributed by atoms with Gasteiger partial charge in [-0.1, -0.05) is 44.2 Å². The molecule has 3 nitrogen and oxygen atoms in total. The van der Waals surface area contributed by atoms with Crippen molar-refractivity contribution >= 4 is 17.7 Å². The number of benzene rings is 1. The molecule has 0 aliphatic carbocycles. The zero-order valence-electron chi connectivity index (χ0n) is 12.7. The van der Waals surface area contributed by atoms with Crippen LogP contribution in [-0.2, 0) is 4.79 Å². The van der Waals surface area contributed by atoms with E-state index in [4.69, 9.17) is 0 Å². The van der Waals surface area contributed by atoms with Crippen molar-refractivity contribution in [1.82, 2.24) is 5.32 Å². The van der Waals surface area contributed by atoms with Gasteiger partial charge in [0.05, 0.1) is 12.5 Å². The molecule has 0 aliphatic heterocycles. The molecule has 0 fully saturated rings. The molecule has 1 rings (SSSR count). The van der Waals surface area contributed by atoms with Crippen molar-refractivity contribution in [3.8, 4) is 0 Å². The highest BCUT2D eigenvalue weighted by molar-refractivity contribution is 7.99. The first kappa shape index (κ1) is 17.1. The van der Waals surface area contributed by atoms with Crippen molar-refractivity contribution in [2.75, 3.05) is 12.9 Å². The van der Waals surface area contributed by atoms with Crippen LogP contribution in [0.3, 0.4) is 0 Å². The van der Waals surface area contributed by atoms with E-state index >= 15 is 0 Å². The summed E-state index contributed by atoms with van der Waals surface area (Å²) < 4.78 is 0.